The number of anilines is 1. The number of amides is 1. The van der Waals surface area contributed by atoms with Gasteiger partial charge in [0.05, 0.1) is 11.8 Å². The van der Waals surface area contributed by atoms with E-state index in [1.165, 1.54) is 24.3 Å². The van der Waals surface area contributed by atoms with Crippen LogP contribution in [0.25, 0.3) is 6.08 Å². The summed E-state index contributed by atoms with van der Waals surface area (Å²) in [5, 5.41) is 21.7. The van der Waals surface area contributed by atoms with Crippen molar-refractivity contribution in [1.82, 2.24) is 0 Å². The van der Waals surface area contributed by atoms with E-state index in [0.717, 1.165) is 18.2 Å². The average molecular weight is 301 g/mol. The highest BCUT2D eigenvalue weighted by Crippen LogP contribution is 2.19. The molecular weight excluding hydrogens is 293 g/mol. The van der Waals surface area contributed by atoms with E-state index in [2.05, 4.69) is 5.32 Å². The molecule has 1 amide bonds. The van der Waals surface area contributed by atoms with Crippen LogP contribution in [0.2, 0.25) is 0 Å². The van der Waals surface area contributed by atoms with Crippen molar-refractivity contribution in [1.29, 1.82) is 5.26 Å². The molecule has 0 saturated heterocycles. The van der Waals surface area contributed by atoms with E-state index in [4.69, 9.17) is 9.68 Å². The van der Waals surface area contributed by atoms with Crippen LogP contribution >= 0.6 is 0 Å². The lowest BCUT2D eigenvalue weighted by atomic mass is 10.2. The molecule has 1 N–H and O–H groups in total. The molecule has 0 bridgehead atoms. The lowest BCUT2D eigenvalue weighted by molar-refractivity contribution is -0.402. The van der Waals surface area contributed by atoms with Gasteiger partial charge in [-0.05, 0) is 18.2 Å². The smallest absolute Gasteiger partial charge is 0.401 e. The maximum absolute atomic E-state index is 13.4. The molecule has 1 aromatic heterocycles. The second-order valence-corrected chi connectivity index (χ2v) is 4.04. The first kappa shape index (κ1) is 14.9. The number of nitrogens with zero attached hydrogens (tertiary/aromatic N) is 2. The highest BCUT2D eigenvalue weighted by Gasteiger charge is 2.15. The van der Waals surface area contributed by atoms with Gasteiger partial charge in [0.25, 0.3) is 5.91 Å². The van der Waals surface area contributed by atoms with Crippen LogP contribution in [0.3, 0.4) is 0 Å². The standard InChI is InChI=1S/C14H8FN3O4/c15-11-3-1-2-4-12(11)17-14(19)9(8-16)7-10-5-6-13(22-10)18(20)21/h1-7H,(H,17,19)/b9-7-. The predicted octanol–water partition coefficient (Wildman–Crippen LogP) is 2.87. The lowest BCUT2D eigenvalue weighted by Gasteiger charge is -2.04. The fourth-order valence-electron chi connectivity index (χ4n) is 1.56. The summed E-state index contributed by atoms with van der Waals surface area (Å²) in [6.45, 7) is 0. The van der Waals surface area contributed by atoms with Crippen molar-refractivity contribution < 1.29 is 18.5 Å². The monoisotopic (exact) mass is 301 g/mol. The summed E-state index contributed by atoms with van der Waals surface area (Å²) in [7, 11) is 0. The summed E-state index contributed by atoms with van der Waals surface area (Å²) in [4.78, 5) is 21.6. The zero-order valence-electron chi connectivity index (χ0n) is 10.9. The van der Waals surface area contributed by atoms with Gasteiger partial charge in [-0.1, -0.05) is 12.1 Å². The quantitative estimate of drug-likeness (QED) is 0.404. The fourth-order valence-corrected chi connectivity index (χ4v) is 1.56. The van der Waals surface area contributed by atoms with Crippen molar-refractivity contribution >= 4 is 23.6 Å². The molecule has 0 fully saturated rings. The minimum Gasteiger partial charge on any atom is -0.401 e. The van der Waals surface area contributed by atoms with Gasteiger partial charge in [-0.2, -0.15) is 5.26 Å². The molecule has 8 heteroatoms. The third-order valence-corrected chi connectivity index (χ3v) is 2.57. The van der Waals surface area contributed by atoms with Crippen LogP contribution in [0.5, 0.6) is 0 Å². The number of benzene rings is 1. The van der Waals surface area contributed by atoms with E-state index in [0.29, 0.717) is 0 Å². The van der Waals surface area contributed by atoms with E-state index in [1.54, 1.807) is 6.07 Å². The zero-order valence-corrected chi connectivity index (χ0v) is 10.9. The third kappa shape index (κ3) is 3.34. The van der Waals surface area contributed by atoms with Gasteiger partial charge in [-0.3, -0.25) is 14.9 Å². The van der Waals surface area contributed by atoms with Crippen LogP contribution in [0.15, 0.2) is 46.4 Å². The Morgan fingerprint density at radius 3 is 2.68 bits per heavy atom. The largest absolute Gasteiger partial charge is 0.433 e. The van der Waals surface area contributed by atoms with Crippen molar-refractivity contribution in [2.45, 2.75) is 0 Å². The molecule has 0 radical (unpaired) electrons. The Bertz CT molecular complexity index is 804. The third-order valence-electron chi connectivity index (χ3n) is 2.57. The van der Waals surface area contributed by atoms with E-state index in [-0.39, 0.29) is 17.0 Å². The van der Waals surface area contributed by atoms with Gasteiger partial charge in [0.15, 0.2) is 0 Å². The second kappa shape index (κ2) is 6.32. The number of hydrogen-bond donors (Lipinski definition) is 1. The molecule has 2 aromatic rings. The number of carbonyl (C=O) groups excluding carboxylic acids is 1. The number of halogens is 1. The van der Waals surface area contributed by atoms with Gasteiger partial charge in [0.2, 0.25) is 0 Å². The number of rotatable bonds is 4. The minimum atomic E-state index is -0.855. The number of furan rings is 1. The first-order valence-electron chi connectivity index (χ1n) is 5.93. The maximum atomic E-state index is 13.4. The topological polar surface area (TPSA) is 109 Å². The molecule has 0 saturated carbocycles. The van der Waals surface area contributed by atoms with E-state index < -0.39 is 22.5 Å². The first-order valence-corrected chi connectivity index (χ1v) is 5.93. The van der Waals surface area contributed by atoms with Gasteiger partial charge in [0.1, 0.15) is 28.1 Å². The molecule has 110 valence electrons. The molecule has 1 heterocycles. The second-order valence-electron chi connectivity index (χ2n) is 4.04. The molecule has 0 spiro atoms. The zero-order chi connectivity index (χ0) is 16.1. The number of nitro groups is 1. The summed E-state index contributed by atoms with van der Waals surface area (Å²) in [5.74, 6) is -2.06. The molecule has 1 aromatic carbocycles. The Balaban J connectivity index is 2.22. The van der Waals surface area contributed by atoms with Gasteiger partial charge in [-0.25, -0.2) is 4.39 Å². The van der Waals surface area contributed by atoms with Crippen LogP contribution in [0.4, 0.5) is 16.0 Å². The molecule has 0 atom stereocenters. The number of nitriles is 1. The van der Waals surface area contributed by atoms with E-state index in [1.807, 2.05) is 0 Å². The summed E-state index contributed by atoms with van der Waals surface area (Å²) >= 11 is 0. The lowest BCUT2D eigenvalue weighted by Crippen LogP contribution is -2.14. The molecule has 0 aliphatic rings. The fraction of sp³-hybridized carbons (Fsp3) is 0. The molecule has 0 unspecified atom stereocenters. The van der Waals surface area contributed by atoms with Crippen LogP contribution in [0.1, 0.15) is 5.76 Å². The van der Waals surface area contributed by atoms with E-state index >= 15 is 0 Å². The number of hydrogen-bond acceptors (Lipinski definition) is 5. The van der Waals surface area contributed by atoms with Crippen LogP contribution in [-0.4, -0.2) is 10.8 Å². The molecule has 7 nitrogen and oxygen atoms in total. The average Bonchev–Trinajstić information content (AvgIpc) is 2.96. The predicted molar refractivity (Wildman–Crippen MR) is 74.0 cm³/mol. The van der Waals surface area contributed by atoms with Gasteiger partial charge < -0.3 is 9.73 Å². The Labute approximate surface area is 123 Å². The Morgan fingerprint density at radius 1 is 1.36 bits per heavy atom. The SMILES string of the molecule is N#C/C(=C/c1ccc([N+](=O)[O-])o1)C(=O)Nc1ccccc1F. The maximum Gasteiger partial charge on any atom is 0.433 e. The molecule has 22 heavy (non-hydrogen) atoms. The van der Waals surface area contributed by atoms with Crippen molar-refractivity contribution in [3.8, 4) is 6.07 Å². The van der Waals surface area contributed by atoms with E-state index in [9.17, 15) is 19.3 Å². The van der Waals surface area contributed by atoms with Gasteiger partial charge in [0, 0.05) is 6.08 Å². The van der Waals surface area contributed by atoms with Crippen molar-refractivity contribution in [3.05, 3.63) is 63.7 Å². The highest BCUT2D eigenvalue weighted by atomic mass is 19.1. The Morgan fingerprint density at radius 2 is 2.09 bits per heavy atom. The molecular formula is C14H8FN3O4. The number of para-hydroxylation sites is 1. The summed E-state index contributed by atoms with van der Waals surface area (Å²) in [5.41, 5.74) is -0.466. The molecule has 0 aliphatic heterocycles. The van der Waals surface area contributed by atoms with Crippen LogP contribution in [0, 0.1) is 27.3 Å². The summed E-state index contributed by atoms with van der Waals surface area (Å²) in [6.07, 6.45) is 1.03. The summed E-state index contributed by atoms with van der Waals surface area (Å²) in [6, 6.07) is 9.42. The van der Waals surface area contributed by atoms with Crippen LogP contribution in [-0.2, 0) is 4.79 Å². The number of nitrogens with one attached hydrogen (secondary N) is 1. The van der Waals surface area contributed by atoms with Crippen molar-refractivity contribution in [2.75, 3.05) is 5.32 Å². The normalized spacial score (nSPS) is 10.8. The number of carbonyl (C=O) groups is 1. The van der Waals surface area contributed by atoms with Crippen LogP contribution < -0.4 is 5.32 Å². The molecule has 0 aliphatic carbocycles. The molecule has 2 rings (SSSR count). The minimum absolute atomic E-state index is 0.0352. The van der Waals surface area contributed by atoms with Gasteiger partial charge in [-0.15, -0.1) is 0 Å². The highest BCUT2D eigenvalue weighted by molar-refractivity contribution is 6.09. The summed E-state index contributed by atoms with van der Waals surface area (Å²) < 4.78 is 18.2. The Hall–Kier alpha value is -3.47. The van der Waals surface area contributed by atoms with Crippen molar-refractivity contribution in [3.63, 3.8) is 0 Å². The Kier molecular flexibility index (Phi) is 4.29. The van der Waals surface area contributed by atoms with Gasteiger partial charge >= 0.3 is 5.88 Å². The van der Waals surface area contributed by atoms with Crippen molar-refractivity contribution in [2.24, 2.45) is 0 Å². The first-order chi connectivity index (χ1) is 10.5.